The third-order valence-corrected chi connectivity index (χ3v) is 2.55. The second-order valence-corrected chi connectivity index (χ2v) is 3.17. The average Bonchev–Trinajstić information content (AvgIpc) is 1.88. The zero-order valence-corrected chi connectivity index (χ0v) is 5.47. The van der Waals surface area contributed by atoms with Crippen LogP contribution in [0.25, 0.3) is 0 Å². The molecule has 1 aliphatic carbocycles. The van der Waals surface area contributed by atoms with Gasteiger partial charge >= 0.3 is 0 Å². The minimum absolute atomic E-state index is 0.0231. The highest BCUT2D eigenvalue weighted by Gasteiger charge is 2.67. The summed E-state index contributed by atoms with van der Waals surface area (Å²) in [6.45, 7) is 5.52. The van der Waals surface area contributed by atoms with E-state index >= 15 is 0 Å². The molecule has 0 aromatic heterocycles. The summed E-state index contributed by atoms with van der Waals surface area (Å²) in [5, 5.41) is 18.0. The summed E-state index contributed by atoms with van der Waals surface area (Å²) in [4.78, 5) is 0. The molecule has 0 spiro atoms. The van der Waals surface area contributed by atoms with Gasteiger partial charge in [-0.3, -0.25) is 0 Å². The maximum absolute atomic E-state index is 8.98. The van der Waals surface area contributed by atoms with E-state index in [4.69, 9.17) is 10.2 Å². The van der Waals surface area contributed by atoms with Gasteiger partial charge in [-0.15, -0.1) is 0 Å². The lowest BCUT2D eigenvalue weighted by Gasteiger charge is -2.02. The quantitative estimate of drug-likeness (QED) is 0.448. The molecule has 1 saturated carbocycles. The van der Waals surface area contributed by atoms with Crippen molar-refractivity contribution in [3.8, 4) is 0 Å². The van der Waals surface area contributed by atoms with Gasteiger partial charge in [0.1, 0.15) is 0 Å². The summed E-state index contributed by atoms with van der Waals surface area (Å²) in [6, 6.07) is 0. The van der Waals surface area contributed by atoms with Crippen molar-refractivity contribution < 1.29 is 10.2 Å². The highest BCUT2D eigenvalue weighted by molar-refractivity contribution is 5.09. The minimum Gasteiger partial charge on any atom is -0.365 e. The van der Waals surface area contributed by atoms with Crippen molar-refractivity contribution in [3.05, 3.63) is 0 Å². The molecule has 0 aromatic rings. The summed E-state index contributed by atoms with van der Waals surface area (Å²) >= 11 is 0. The van der Waals surface area contributed by atoms with Crippen LogP contribution < -0.4 is 0 Å². The standard InChI is InChI=1S/C6H12O2/c1-4-5(2,3)6(4,7)8/h4,7-8H,1-3H3. The maximum Gasteiger partial charge on any atom is 0.171 e. The van der Waals surface area contributed by atoms with E-state index in [1.165, 1.54) is 0 Å². The highest BCUT2D eigenvalue weighted by atomic mass is 16.5. The molecule has 1 atom stereocenters. The van der Waals surface area contributed by atoms with E-state index in [1.54, 1.807) is 0 Å². The third-order valence-electron chi connectivity index (χ3n) is 2.55. The second kappa shape index (κ2) is 1.09. The zero-order valence-electron chi connectivity index (χ0n) is 5.47. The van der Waals surface area contributed by atoms with Gasteiger partial charge in [0.2, 0.25) is 0 Å². The Balaban J connectivity index is 2.72. The number of hydrogen-bond donors (Lipinski definition) is 2. The maximum atomic E-state index is 8.98. The highest BCUT2D eigenvalue weighted by Crippen LogP contribution is 2.59. The predicted molar refractivity (Wildman–Crippen MR) is 30.1 cm³/mol. The molecule has 2 nitrogen and oxygen atoms in total. The van der Waals surface area contributed by atoms with Gasteiger partial charge < -0.3 is 10.2 Å². The summed E-state index contributed by atoms with van der Waals surface area (Å²) in [7, 11) is 0. The van der Waals surface area contributed by atoms with Crippen LogP contribution in [-0.4, -0.2) is 16.0 Å². The van der Waals surface area contributed by atoms with Crippen LogP contribution in [0.2, 0.25) is 0 Å². The van der Waals surface area contributed by atoms with Crippen LogP contribution in [0.5, 0.6) is 0 Å². The SMILES string of the molecule is CC1C(C)(C)C1(O)O. The third kappa shape index (κ3) is 0.400. The molecule has 2 heteroatoms. The van der Waals surface area contributed by atoms with Crippen LogP contribution in [0.1, 0.15) is 20.8 Å². The molecule has 0 bridgehead atoms. The molecule has 0 heterocycles. The van der Waals surface area contributed by atoms with E-state index in [9.17, 15) is 0 Å². The zero-order chi connectivity index (χ0) is 6.58. The van der Waals surface area contributed by atoms with E-state index in [-0.39, 0.29) is 11.3 Å². The normalized spacial score (nSPS) is 39.4. The summed E-state index contributed by atoms with van der Waals surface area (Å²) in [6.07, 6.45) is 0. The molecule has 1 fully saturated rings. The Bertz CT molecular complexity index is 102. The molecule has 48 valence electrons. The van der Waals surface area contributed by atoms with Crippen molar-refractivity contribution in [3.63, 3.8) is 0 Å². The van der Waals surface area contributed by atoms with E-state index < -0.39 is 5.79 Å². The Hall–Kier alpha value is -0.0800. The number of rotatable bonds is 0. The molecule has 0 saturated heterocycles. The van der Waals surface area contributed by atoms with Crippen molar-refractivity contribution in [1.82, 2.24) is 0 Å². The Morgan fingerprint density at radius 3 is 1.38 bits per heavy atom. The summed E-state index contributed by atoms with van der Waals surface area (Å²) < 4.78 is 0. The first-order valence-electron chi connectivity index (χ1n) is 2.85. The summed E-state index contributed by atoms with van der Waals surface area (Å²) in [5.41, 5.74) is -0.285. The average molecular weight is 116 g/mol. The van der Waals surface area contributed by atoms with Crippen LogP contribution in [0, 0.1) is 11.3 Å². The van der Waals surface area contributed by atoms with Crippen LogP contribution in [0.4, 0.5) is 0 Å². The van der Waals surface area contributed by atoms with Gasteiger partial charge in [-0.25, -0.2) is 0 Å². The topological polar surface area (TPSA) is 40.5 Å². The van der Waals surface area contributed by atoms with Gasteiger partial charge in [0.15, 0.2) is 5.79 Å². The molecular formula is C6H12O2. The van der Waals surface area contributed by atoms with E-state index in [0.29, 0.717) is 0 Å². The van der Waals surface area contributed by atoms with Crippen molar-refractivity contribution in [2.24, 2.45) is 11.3 Å². The van der Waals surface area contributed by atoms with E-state index in [2.05, 4.69) is 0 Å². The Labute approximate surface area is 49.1 Å². The first-order chi connectivity index (χ1) is 3.40. The fourth-order valence-corrected chi connectivity index (χ4v) is 0.968. The van der Waals surface area contributed by atoms with Gasteiger partial charge in [-0.2, -0.15) is 0 Å². The fraction of sp³-hybridized carbons (Fsp3) is 1.00. The molecule has 1 rings (SSSR count). The second-order valence-electron chi connectivity index (χ2n) is 3.17. The molecule has 0 amide bonds. The van der Waals surface area contributed by atoms with Gasteiger partial charge in [-0.05, 0) is 0 Å². The predicted octanol–water partition coefficient (Wildman–Crippen LogP) is 0.343. The molecule has 1 aliphatic rings. The fourth-order valence-electron chi connectivity index (χ4n) is 0.968. The smallest absolute Gasteiger partial charge is 0.171 e. The number of hydrogen-bond acceptors (Lipinski definition) is 2. The van der Waals surface area contributed by atoms with Gasteiger partial charge in [0.25, 0.3) is 0 Å². The summed E-state index contributed by atoms with van der Waals surface area (Å²) in [5.74, 6) is -1.37. The van der Waals surface area contributed by atoms with Crippen LogP contribution >= 0.6 is 0 Å². The lowest BCUT2D eigenvalue weighted by atomic mass is 10.1. The lowest BCUT2D eigenvalue weighted by molar-refractivity contribution is -0.104. The monoisotopic (exact) mass is 116 g/mol. The van der Waals surface area contributed by atoms with Crippen LogP contribution in [0.3, 0.4) is 0 Å². The Kier molecular flexibility index (Phi) is 0.823. The van der Waals surface area contributed by atoms with Crippen molar-refractivity contribution >= 4 is 0 Å². The molecule has 0 aliphatic heterocycles. The van der Waals surface area contributed by atoms with Gasteiger partial charge in [0, 0.05) is 11.3 Å². The van der Waals surface area contributed by atoms with Crippen molar-refractivity contribution in [1.29, 1.82) is 0 Å². The van der Waals surface area contributed by atoms with Gasteiger partial charge in [-0.1, -0.05) is 20.8 Å². The molecule has 1 unspecified atom stereocenters. The Morgan fingerprint density at radius 1 is 1.25 bits per heavy atom. The van der Waals surface area contributed by atoms with Gasteiger partial charge in [0.05, 0.1) is 0 Å². The molecule has 2 N–H and O–H groups in total. The van der Waals surface area contributed by atoms with E-state index in [1.807, 2.05) is 20.8 Å². The first kappa shape index (κ1) is 6.05. The molecule has 0 aromatic carbocycles. The van der Waals surface area contributed by atoms with Crippen LogP contribution in [0.15, 0.2) is 0 Å². The van der Waals surface area contributed by atoms with E-state index in [0.717, 1.165) is 0 Å². The molecular weight excluding hydrogens is 104 g/mol. The molecule has 0 radical (unpaired) electrons. The molecule has 8 heavy (non-hydrogen) atoms. The van der Waals surface area contributed by atoms with Crippen LogP contribution in [-0.2, 0) is 0 Å². The first-order valence-corrected chi connectivity index (χ1v) is 2.85. The largest absolute Gasteiger partial charge is 0.365 e. The van der Waals surface area contributed by atoms with Crippen molar-refractivity contribution in [2.75, 3.05) is 0 Å². The minimum atomic E-state index is -1.40. The Morgan fingerprint density at radius 2 is 1.38 bits per heavy atom. The lowest BCUT2D eigenvalue weighted by Crippen LogP contribution is -2.13. The number of aliphatic hydroxyl groups is 2. The van der Waals surface area contributed by atoms with Crippen molar-refractivity contribution in [2.45, 2.75) is 26.6 Å².